The first kappa shape index (κ1) is 13.2. The summed E-state index contributed by atoms with van der Waals surface area (Å²) in [6.07, 6.45) is 1.86. The average molecular weight is 259 g/mol. The van der Waals surface area contributed by atoms with Crippen LogP contribution < -0.4 is 4.74 Å². The molecule has 0 bridgehead atoms. The summed E-state index contributed by atoms with van der Waals surface area (Å²) in [6, 6.07) is 8.99. The van der Waals surface area contributed by atoms with E-state index >= 15 is 0 Å². The van der Waals surface area contributed by atoms with E-state index in [0.29, 0.717) is 0 Å². The molecule has 1 atom stereocenters. The second-order valence-corrected chi connectivity index (χ2v) is 4.55. The summed E-state index contributed by atoms with van der Waals surface area (Å²) in [5, 5.41) is 9.16. The predicted molar refractivity (Wildman–Crippen MR) is 73.5 cm³/mol. The third kappa shape index (κ3) is 2.62. The zero-order valence-electron chi connectivity index (χ0n) is 11.3. The van der Waals surface area contributed by atoms with Gasteiger partial charge in [-0.05, 0) is 55.3 Å². The van der Waals surface area contributed by atoms with Gasteiger partial charge in [0, 0.05) is 11.9 Å². The minimum atomic E-state index is -0.842. The molecule has 0 aliphatic carbocycles. The highest BCUT2D eigenvalue weighted by Crippen LogP contribution is 2.27. The number of ether oxygens (including phenoxy) is 1. The number of carboxylic acid groups (broad SMARTS) is 1. The second-order valence-electron chi connectivity index (χ2n) is 4.55. The maximum absolute atomic E-state index is 11.2. The molecule has 0 amide bonds. The lowest BCUT2D eigenvalue weighted by atomic mass is 10.1. The Labute approximate surface area is 112 Å². The Kier molecular flexibility index (Phi) is 3.60. The Bertz CT molecular complexity index is 584. The molecule has 1 aromatic heterocycles. The first-order valence-corrected chi connectivity index (χ1v) is 6.08. The molecule has 0 aliphatic heterocycles. The van der Waals surface area contributed by atoms with Gasteiger partial charge in [-0.1, -0.05) is 0 Å². The van der Waals surface area contributed by atoms with Crippen LogP contribution in [0.1, 0.15) is 18.5 Å². The third-order valence-corrected chi connectivity index (χ3v) is 3.15. The van der Waals surface area contributed by atoms with Gasteiger partial charge in [-0.2, -0.15) is 0 Å². The highest BCUT2D eigenvalue weighted by Gasteiger charge is 2.17. The molecular weight excluding hydrogens is 242 g/mol. The minimum absolute atomic E-state index is 0.592. The van der Waals surface area contributed by atoms with E-state index in [1.807, 2.05) is 43.5 Å². The van der Waals surface area contributed by atoms with E-state index in [0.717, 1.165) is 22.6 Å². The van der Waals surface area contributed by atoms with Gasteiger partial charge in [0.15, 0.2) is 0 Å². The summed E-state index contributed by atoms with van der Waals surface area (Å²) >= 11 is 0. The largest absolute Gasteiger partial charge is 0.497 e. The Morgan fingerprint density at radius 3 is 2.47 bits per heavy atom. The molecule has 1 aromatic carbocycles. The van der Waals surface area contributed by atoms with Gasteiger partial charge in [0.1, 0.15) is 11.8 Å². The lowest BCUT2D eigenvalue weighted by Crippen LogP contribution is -2.15. The van der Waals surface area contributed by atoms with Crippen LogP contribution in [-0.4, -0.2) is 22.8 Å². The van der Waals surface area contributed by atoms with Gasteiger partial charge in [-0.15, -0.1) is 0 Å². The molecule has 0 fully saturated rings. The van der Waals surface area contributed by atoms with E-state index in [9.17, 15) is 4.79 Å². The number of nitrogens with zero attached hydrogens (tertiary/aromatic N) is 1. The first-order valence-electron chi connectivity index (χ1n) is 6.08. The molecule has 19 heavy (non-hydrogen) atoms. The van der Waals surface area contributed by atoms with Crippen LogP contribution in [0, 0.1) is 6.92 Å². The van der Waals surface area contributed by atoms with Crippen LogP contribution in [0.15, 0.2) is 36.5 Å². The standard InChI is InChI=1S/C15H17NO3/c1-10-8-14(16(9-10)11(2)15(17)18)12-4-6-13(19-3)7-5-12/h4-9,11H,1-3H3,(H,17,18). The number of aryl methyl sites for hydroxylation is 1. The molecule has 100 valence electrons. The van der Waals surface area contributed by atoms with Crippen LogP contribution in [-0.2, 0) is 4.79 Å². The molecule has 0 spiro atoms. The van der Waals surface area contributed by atoms with Crippen LogP contribution in [0.3, 0.4) is 0 Å². The number of aromatic nitrogens is 1. The molecule has 0 saturated heterocycles. The Morgan fingerprint density at radius 1 is 1.32 bits per heavy atom. The van der Waals surface area contributed by atoms with E-state index in [-0.39, 0.29) is 0 Å². The molecule has 1 N–H and O–H groups in total. The minimum Gasteiger partial charge on any atom is -0.497 e. The van der Waals surface area contributed by atoms with Gasteiger partial charge in [-0.3, -0.25) is 0 Å². The number of hydrogen-bond acceptors (Lipinski definition) is 2. The number of carbonyl (C=O) groups is 1. The van der Waals surface area contributed by atoms with Crippen molar-refractivity contribution in [2.24, 2.45) is 0 Å². The van der Waals surface area contributed by atoms with Crippen molar-refractivity contribution in [1.82, 2.24) is 4.57 Å². The van der Waals surface area contributed by atoms with E-state index < -0.39 is 12.0 Å². The normalized spacial score (nSPS) is 12.2. The van der Waals surface area contributed by atoms with Crippen molar-refractivity contribution in [2.75, 3.05) is 7.11 Å². The molecule has 0 radical (unpaired) electrons. The summed E-state index contributed by atoms with van der Waals surface area (Å²) in [5.74, 6) is -0.0600. The molecular formula is C15H17NO3. The summed E-state index contributed by atoms with van der Waals surface area (Å²) in [7, 11) is 1.62. The smallest absolute Gasteiger partial charge is 0.326 e. The number of methoxy groups -OCH3 is 1. The van der Waals surface area contributed by atoms with Gasteiger partial charge in [0.05, 0.1) is 7.11 Å². The summed E-state index contributed by atoms with van der Waals surface area (Å²) < 4.78 is 6.90. The number of rotatable bonds is 4. The Morgan fingerprint density at radius 2 is 1.95 bits per heavy atom. The highest BCUT2D eigenvalue weighted by molar-refractivity contribution is 5.73. The van der Waals surface area contributed by atoms with E-state index in [1.165, 1.54) is 0 Å². The molecule has 1 unspecified atom stereocenters. The molecule has 2 aromatic rings. The second kappa shape index (κ2) is 5.18. The zero-order chi connectivity index (χ0) is 14.0. The van der Waals surface area contributed by atoms with Crippen LogP contribution in [0.4, 0.5) is 0 Å². The number of aliphatic carboxylic acids is 1. The maximum atomic E-state index is 11.2. The third-order valence-electron chi connectivity index (χ3n) is 3.15. The highest BCUT2D eigenvalue weighted by atomic mass is 16.5. The van der Waals surface area contributed by atoms with Crippen molar-refractivity contribution in [1.29, 1.82) is 0 Å². The molecule has 4 nitrogen and oxygen atoms in total. The van der Waals surface area contributed by atoms with Gasteiger partial charge in [-0.25, -0.2) is 4.79 Å². The van der Waals surface area contributed by atoms with Crippen molar-refractivity contribution in [3.63, 3.8) is 0 Å². The Hall–Kier alpha value is -2.23. The quantitative estimate of drug-likeness (QED) is 0.917. The average Bonchev–Trinajstić information content (AvgIpc) is 2.79. The van der Waals surface area contributed by atoms with Crippen LogP contribution in [0.25, 0.3) is 11.3 Å². The SMILES string of the molecule is COc1ccc(-c2cc(C)cn2C(C)C(=O)O)cc1. The van der Waals surface area contributed by atoms with Gasteiger partial charge >= 0.3 is 5.97 Å². The summed E-state index contributed by atoms with van der Waals surface area (Å²) in [4.78, 5) is 11.2. The van der Waals surface area contributed by atoms with Crippen molar-refractivity contribution < 1.29 is 14.6 Å². The molecule has 2 rings (SSSR count). The van der Waals surface area contributed by atoms with E-state index in [2.05, 4.69) is 0 Å². The fourth-order valence-electron chi connectivity index (χ4n) is 2.05. The van der Waals surface area contributed by atoms with Crippen LogP contribution >= 0.6 is 0 Å². The Balaban J connectivity index is 2.46. The van der Waals surface area contributed by atoms with Crippen molar-refractivity contribution in [3.05, 3.63) is 42.1 Å². The van der Waals surface area contributed by atoms with Gasteiger partial charge in [0.2, 0.25) is 0 Å². The van der Waals surface area contributed by atoms with Crippen LogP contribution in [0.2, 0.25) is 0 Å². The summed E-state index contributed by atoms with van der Waals surface area (Å²) in [6.45, 7) is 3.63. The summed E-state index contributed by atoms with van der Waals surface area (Å²) in [5.41, 5.74) is 2.91. The van der Waals surface area contributed by atoms with Crippen molar-refractivity contribution in [2.45, 2.75) is 19.9 Å². The van der Waals surface area contributed by atoms with Gasteiger partial charge in [0.25, 0.3) is 0 Å². The van der Waals surface area contributed by atoms with Crippen LogP contribution in [0.5, 0.6) is 5.75 Å². The number of benzene rings is 1. The van der Waals surface area contributed by atoms with E-state index in [4.69, 9.17) is 9.84 Å². The van der Waals surface area contributed by atoms with Crippen molar-refractivity contribution >= 4 is 5.97 Å². The van der Waals surface area contributed by atoms with Gasteiger partial charge < -0.3 is 14.4 Å². The number of carboxylic acids is 1. The van der Waals surface area contributed by atoms with Crippen molar-refractivity contribution in [3.8, 4) is 17.0 Å². The predicted octanol–water partition coefficient (Wildman–Crippen LogP) is 3.12. The fraction of sp³-hybridized carbons (Fsp3) is 0.267. The van der Waals surface area contributed by atoms with E-state index in [1.54, 1.807) is 18.6 Å². The molecule has 0 saturated carbocycles. The fourth-order valence-corrected chi connectivity index (χ4v) is 2.05. The monoisotopic (exact) mass is 259 g/mol. The molecule has 4 heteroatoms. The number of hydrogen-bond donors (Lipinski definition) is 1. The topological polar surface area (TPSA) is 51.5 Å². The molecule has 0 aliphatic rings. The zero-order valence-corrected chi connectivity index (χ0v) is 11.3. The maximum Gasteiger partial charge on any atom is 0.326 e. The lowest BCUT2D eigenvalue weighted by molar-refractivity contribution is -0.140. The first-order chi connectivity index (χ1) is 9.02. The molecule has 1 heterocycles. The lowest BCUT2D eigenvalue weighted by Gasteiger charge is -2.13.